The Morgan fingerprint density at radius 3 is 2.77 bits per heavy atom. The van der Waals surface area contributed by atoms with Crippen LogP contribution in [0.25, 0.3) is 0 Å². The van der Waals surface area contributed by atoms with Gasteiger partial charge in [-0.15, -0.1) is 0 Å². The molecule has 2 unspecified atom stereocenters. The van der Waals surface area contributed by atoms with E-state index in [0.717, 1.165) is 30.7 Å². The van der Waals surface area contributed by atoms with Crippen molar-refractivity contribution < 1.29 is 18.7 Å². The number of rotatable bonds is 6. The minimum atomic E-state index is -0.293. The Balaban J connectivity index is 1.49. The molecular formula is C23H26ClN3O4. The van der Waals surface area contributed by atoms with Crippen LogP contribution < -0.4 is 0 Å². The lowest BCUT2D eigenvalue weighted by molar-refractivity contribution is -0.150. The average molecular weight is 444 g/mol. The summed E-state index contributed by atoms with van der Waals surface area (Å²) in [4.78, 5) is 27.4. The van der Waals surface area contributed by atoms with Crippen molar-refractivity contribution in [3.05, 3.63) is 59.0 Å². The van der Waals surface area contributed by atoms with Gasteiger partial charge in [0.2, 0.25) is 0 Å². The summed E-state index contributed by atoms with van der Waals surface area (Å²) in [5.41, 5.74) is 1.74. The molecule has 0 saturated carbocycles. The number of piperidine rings is 1. The molecule has 0 N–H and O–H groups in total. The molecule has 164 valence electrons. The number of hydrogen-bond acceptors (Lipinski definition) is 6. The number of halogens is 1. The third kappa shape index (κ3) is 4.99. The Hall–Kier alpha value is -2.64. The van der Waals surface area contributed by atoms with Crippen molar-refractivity contribution in [1.29, 1.82) is 0 Å². The summed E-state index contributed by atoms with van der Waals surface area (Å²) in [5.74, 6) is 0.213. The normalized spacial score (nSPS) is 21.7. The minimum absolute atomic E-state index is 0.116. The number of hydrogen-bond donors (Lipinski definition) is 0. The fourth-order valence-corrected chi connectivity index (χ4v) is 4.30. The number of hydrazone groups is 1. The van der Waals surface area contributed by atoms with Gasteiger partial charge in [0.1, 0.15) is 11.8 Å². The number of likely N-dealkylation sites (tertiary alicyclic amines) is 1. The number of esters is 1. The first-order chi connectivity index (χ1) is 15.0. The van der Waals surface area contributed by atoms with Crippen molar-refractivity contribution in [2.24, 2.45) is 11.0 Å². The second-order valence-corrected chi connectivity index (χ2v) is 8.29. The summed E-state index contributed by atoms with van der Waals surface area (Å²) in [6, 6.07) is 10.8. The zero-order valence-corrected chi connectivity index (χ0v) is 18.3. The largest absolute Gasteiger partial charge is 0.467 e. The molecular weight excluding hydrogens is 418 g/mol. The van der Waals surface area contributed by atoms with Crippen LogP contribution in [0.4, 0.5) is 0 Å². The van der Waals surface area contributed by atoms with Gasteiger partial charge in [0.15, 0.2) is 0 Å². The Labute approximate surface area is 186 Å². The van der Waals surface area contributed by atoms with Crippen molar-refractivity contribution >= 4 is 29.2 Å². The van der Waals surface area contributed by atoms with Gasteiger partial charge in [-0.2, -0.15) is 5.10 Å². The smallest absolute Gasteiger partial charge is 0.310 e. The van der Waals surface area contributed by atoms with Crippen LogP contribution in [0.3, 0.4) is 0 Å². The van der Waals surface area contributed by atoms with Crippen LogP contribution in [-0.4, -0.2) is 53.7 Å². The van der Waals surface area contributed by atoms with E-state index < -0.39 is 0 Å². The lowest BCUT2D eigenvalue weighted by Gasteiger charge is -2.32. The molecule has 2 aliphatic heterocycles. The Morgan fingerprint density at radius 1 is 1.26 bits per heavy atom. The van der Waals surface area contributed by atoms with E-state index in [9.17, 15) is 9.59 Å². The van der Waals surface area contributed by atoms with Gasteiger partial charge in [-0.3, -0.25) is 14.5 Å². The van der Waals surface area contributed by atoms with Crippen LogP contribution in [-0.2, 0) is 14.3 Å². The highest BCUT2D eigenvalue weighted by atomic mass is 35.5. The van der Waals surface area contributed by atoms with Gasteiger partial charge >= 0.3 is 5.97 Å². The molecule has 0 radical (unpaired) electrons. The maximum Gasteiger partial charge on any atom is 0.310 e. The highest BCUT2D eigenvalue weighted by Crippen LogP contribution is 2.33. The van der Waals surface area contributed by atoms with E-state index in [1.807, 2.05) is 41.3 Å². The Morgan fingerprint density at radius 2 is 2.06 bits per heavy atom. The molecule has 3 heterocycles. The van der Waals surface area contributed by atoms with E-state index >= 15 is 0 Å². The van der Waals surface area contributed by atoms with Crippen LogP contribution in [0.15, 0.2) is 52.2 Å². The van der Waals surface area contributed by atoms with Crippen LogP contribution >= 0.6 is 11.6 Å². The van der Waals surface area contributed by atoms with Gasteiger partial charge in [-0.25, -0.2) is 5.01 Å². The predicted molar refractivity (Wildman–Crippen MR) is 117 cm³/mol. The lowest BCUT2D eigenvalue weighted by atomic mass is 9.98. The number of furan rings is 1. The van der Waals surface area contributed by atoms with Crippen LogP contribution in [0.1, 0.15) is 43.6 Å². The van der Waals surface area contributed by atoms with Crippen LogP contribution in [0.5, 0.6) is 0 Å². The van der Waals surface area contributed by atoms with Gasteiger partial charge in [-0.05, 0) is 56.1 Å². The van der Waals surface area contributed by atoms with E-state index in [0.29, 0.717) is 30.4 Å². The van der Waals surface area contributed by atoms with Gasteiger partial charge < -0.3 is 9.15 Å². The first kappa shape index (κ1) is 21.6. The number of ether oxygens (including phenoxy) is 1. The SMILES string of the molecule is CCOC(=O)C1CCCN(CC(=O)N2N=C(c3ccc(Cl)cc3)CC2c2ccco2)C1. The van der Waals surface area contributed by atoms with E-state index in [1.54, 1.807) is 13.2 Å². The molecule has 4 rings (SSSR count). The molecule has 0 bridgehead atoms. The zero-order valence-electron chi connectivity index (χ0n) is 17.5. The summed E-state index contributed by atoms with van der Waals surface area (Å²) in [6.07, 6.45) is 3.82. The van der Waals surface area contributed by atoms with Gasteiger partial charge in [0, 0.05) is 18.0 Å². The number of nitrogens with zero attached hydrogens (tertiary/aromatic N) is 3. The van der Waals surface area contributed by atoms with Crippen LogP contribution in [0.2, 0.25) is 5.02 Å². The second-order valence-electron chi connectivity index (χ2n) is 7.85. The molecule has 1 amide bonds. The summed E-state index contributed by atoms with van der Waals surface area (Å²) in [7, 11) is 0. The van der Waals surface area contributed by atoms with Crippen LogP contribution in [0, 0.1) is 5.92 Å². The van der Waals surface area contributed by atoms with E-state index in [2.05, 4.69) is 5.10 Å². The van der Waals surface area contributed by atoms with Crippen molar-refractivity contribution in [3.8, 4) is 0 Å². The summed E-state index contributed by atoms with van der Waals surface area (Å²) in [6.45, 7) is 3.67. The molecule has 1 saturated heterocycles. The topological polar surface area (TPSA) is 75.3 Å². The molecule has 7 nitrogen and oxygen atoms in total. The number of carbonyl (C=O) groups excluding carboxylic acids is 2. The number of amides is 1. The van der Waals surface area contributed by atoms with Crippen molar-refractivity contribution in [2.75, 3.05) is 26.2 Å². The molecule has 1 aromatic carbocycles. The minimum Gasteiger partial charge on any atom is -0.467 e. The van der Waals surface area contributed by atoms with E-state index in [-0.39, 0.29) is 30.4 Å². The standard InChI is InChI=1S/C23H26ClN3O4/c1-2-30-23(29)17-5-3-11-26(14-17)15-22(28)27-20(21-6-4-12-31-21)13-19(25-27)16-7-9-18(24)10-8-16/h4,6-10,12,17,20H,2-3,5,11,13-15H2,1H3. The third-order valence-electron chi connectivity index (χ3n) is 5.70. The highest BCUT2D eigenvalue weighted by Gasteiger charge is 2.36. The predicted octanol–water partition coefficient (Wildman–Crippen LogP) is 3.89. The maximum atomic E-state index is 13.3. The quantitative estimate of drug-likeness (QED) is 0.633. The fraction of sp³-hybridized carbons (Fsp3) is 0.435. The summed E-state index contributed by atoms with van der Waals surface area (Å²) >= 11 is 6.01. The molecule has 2 aliphatic rings. The van der Waals surface area contributed by atoms with Gasteiger partial charge in [-0.1, -0.05) is 23.7 Å². The average Bonchev–Trinajstić information content (AvgIpc) is 3.45. The molecule has 8 heteroatoms. The number of carbonyl (C=O) groups is 2. The zero-order chi connectivity index (χ0) is 21.8. The van der Waals surface area contributed by atoms with E-state index in [4.69, 9.17) is 20.8 Å². The van der Waals surface area contributed by atoms with E-state index in [1.165, 1.54) is 5.01 Å². The number of benzene rings is 1. The van der Waals surface area contributed by atoms with Crippen molar-refractivity contribution in [1.82, 2.24) is 9.91 Å². The Bertz CT molecular complexity index is 942. The molecule has 2 atom stereocenters. The van der Waals surface area contributed by atoms with Crippen molar-refractivity contribution in [3.63, 3.8) is 0 Å². The monoisotopic (exact) mass is 443 g/mol. The summed E-state index contributed by atoms with van der Waals surface area (Å²) in [5, 5.41) is 6.83. The first-order valence-electron chi connectivity index (χ1n) is 10.6. The molecule has 0 spiro atoms. The van der Waals surface area contributed by atoms with Gasteiger partial charge in [0.25, 0.3) is 5.91 Å². The second kappa shape index (κ2) is 9.66. The maximum absolute atomic E-state index is 13.3. The summed E-state index contributed by atoms with van der Waals surface area (Å²) < 4.78 is 10.8. The molecule has 1 fully saturated rings. The third-order valence-corrected chi connectivity index (χ3v) is 5.95. The fourth-order valence-electron chi connectivity index (χ4n) is 4.17. The molecule has 0 aliphatic carbocycles. The Kier molecular flexibility index (Phi) is 6.73. The molecule has 31 heavy (non-hydrogen) atoms. The highest BCUT2D eigenvalue weighted by molar-refractivity contribution is 6.30. The van der Waals surface area contributed by atoms with Gasteiger partial charge in [0.05, 0.1) is 31.0 Å². The molecule has 1 aromatic heterocycles. The first-order valence-corrected chi connectivity index (χ1v) is 11.0. The molecule has 2 aromatic rings. The lowest BCUT2D eigenvalue weighted by Crippen LogP contribution is -2.44. The van der Waals surface area contributed by atoms with Crippen molar-refractivity contribution in [2.45, 2.75) is 32.2 Å².